The van der Waals surface area contributed by atoms with E-state index in [0.717, 1.165) is 9.21 Å². The molecule has 0 bridgehead atoms. The molecule has 0 aliphatic carbocycles. The molecular formula is C13H10BrClFNOS. The van der Waals surface area contributed by atoms with Crippen molar-refractivity contribution < 1.29 is 9.18 Å². The lowest BCUT2D eigenvalue weighted by Gasteiger charge is -2.06. The first-order valence-electron chi connectivity index (χ1n) is 5.54. The fourth-order valence-corrected chi connectivity index (χ4v) is 3.07. The lowest BCUT2D eigenvalue weighted by Crippen LogP contribution is -2.25. The molecule has 0 aliphatic heterocycles. The maximum absolute atomic E-state index is 13.1. The molecule has 0 radical (unpaired) electrons. The van der Waals surface area contributed by atoms with Crippen LogP contribution in [0.15, 0.2) is 34.8 Å². The van der Waals surface area contributed by atoms with E-state index in [0.29, 0.717) is 23.0 Å². The topological polar surface area (TPSA) is 29.1 Å². The third-order valence-corrected chi connectivity index (χ3v) is 4.44. The Morgan fingerprint density at radius 3 is 2.84 bits per heavy atom. The van der Waals surface area contributed by atoms with Crippen molar-refractivity contribution in [2.24, 2.45) is 0 Å². The molecule has 1 amide bonds. The van der Waals surface area contributed by atoms with E-state index in [-0.39, 0.29) is 5.91 Å². The Balaban J connectivity index is 1.92. The van der Waals surface area contributed by atoms with Crippen molar-refractivity contribution in [3.8, 4) is 0 Å². The zero-order valence-electron chi connectivity index (χ0n) is 9.75. The maximum atomic E-state index is 13.1. The molecule has 0 saturated heterocycles. The summed E-state index contributed by atoms with van der Waals surface area (Å²) in [5, 5.41) is 2.75. The average Bonchev–Trinajstić information content (AvgIpc) is 2.78. The molecule has 6 heteroatoms. The number of hydrogen-bond acceptors (Lipinski definition) is 2. The van der Waals surface area contributed by atoms with E-state index in [1.54, 1.807) is 0 Å². The molecular weight excluding hydrogens is 353 g/mol. The number of amides is 1. The van der Waals surface area contributed by atoms with E-state index in [4.69, 9.17) is 11.6 Å². The number of rotatable bonds is 4. The Morgan fingerprint density at radius 1 is 1.37 bits per heavy atom. The van der Waals surface area contributed by atoms with E-state index < -0.39 is 5.82 Å². The lowest BCUT2D eigenvalue weighted by atomic mass is 10.2. The minimum absolute atomic E-state index is 0.296. The molecule has 1 N–H and O–H groups in total. The van der Waals surface area contributed by atoms with Crippen LogP contribution in [0.2, 0.25) is 4.34 Å². The van der Waals surface area contributed by atoms with E-state index >= 15 is 0 Å². The Kier molecular flexibility index (Phi) is 4.96. The SMILES string of the molecule is O=C(NCCc1ccc(Cl)s1)c1cc(F)ccc1Br. The number of thiophene rings is 1. The maximum Gasteiger partial charge on any atom is 0.252 e. The summed E-state index contributed by atoms with van der Waals surface area (Å²) in [5.41, 5.74) is 0.296. The van der Waals surface area contributed by atoms with Gasteiger partial charge in [-0.05, 0) is 52.7 Å². The quantitative estimate of drug-likeness (QED) is 0.864. The summed E-state index contributed by atoms with van der Waals surface area (Å²) < 4.78 is 14.4. The minimum Gasteiger partial charge on any atom is -0.352 e. The summed E-state index contributed by atoms with van der Waals surface area (Å²) in [6, 6.07) is 7.78. The molecule has 0 aliphatic rings. The molecule has 0 fully saturated rings. The van der Waals surface area contributed by atoms with E-state index in [1.165, 1.54) is 29.5 Å². The molecule has 100 valence electrons. The predicted octanol–water partition coefficient (Wildman–Crippen LogP) is 4.28. The lowest BCUT2D eigenvalue weighted by molar-refractivity contribution is 0.0953. The first-order chi connectivity index (χ1) is 9.06. The van der Waals surface area contributed by atoms with E-state index in [9.17, 15) is 9.18 Å². The smallest absolute Gasteiger partial charge is 0.252 e. The summed E-state index contributed by atoms with van der Waals surface area (Å²) in [5.74, 6) is -0.729. The van der Waals surface area contributed by atoms with Crippen molar-refractivity contribution in [1.29, 1.82) is 0 Å². The molecule has 0 spiro atoms. The first-order valence-corrected chi connectivity index (χ1v) is 7.52. The van der Waals surface area contributed by atoms with Gasteiger partial charge in [-0.2, -0.15) is 0 Å². The van der Waals surface area contributed by atoms with Crippen molar-refractivity contribution in [3.63, 3.8) is 0 Å². The van der Waals surface area contributed by atoms with Gasteiger partial charge in [0.1, 0.15) is 5.82 Å². The number of hydrogen-bond donors (Lipinski definition) is 1. The fraction of sp³-hybridized carbons (Fsp3) is 0.154. The molecule has 2 rings (SSSR count). The van der Waals surface area contributed by atoms with Crippen LogP contribution < -0.4 is 5.32 Å². The number of carbonyl (C=O) groups excluding carboxylic acids is 1. The largest absolute Gasteiger partial charge is 0.352 e. The molecule has 2 nitrogen and oxygen atoms in total. The van der Waals surface area contributed by atoms with Gasteiger partial charge in [-0.15, -0.1) is 11.3 Å². The normalized spacial score (nSPS) is 10.5. The van der Waals surface area contributed by atoms with Crippen molar-refractivity contribution in [2.75, 3.05) is 6.54 Å². The molecule has 1 aromatic heterocycles. The second-order valence-corrected chi connectivity index (χ2v) is 6.49. The van der Waals surface area contributed by atoms with Crippen LogP contribution in [0, 0.1) is 5.82 Å². The number of carbonyl (C=O) groups is 1. The second-order valence-electron chi connectivity index (χ2n) is 3.84. The predicted molar refractivity (Wildman–Crippen MR) is 79.5 cm³/mol. The number of benzene rings is 1. The third-order valence-electron chi connectivity index (χ3n) is 2.46. The number of halogens is 3. The highest BCUT2D eigenvalue weighted by Crippen LogP contribution is 2.21. The van der Waals surface area contributed by atoms with Gasteiger partial charge in [0.25, 0.3) is 5.91 Å². The van der Waals surface area contributed by atoms with Crippen LogP contribution in [0.5, 0.6) is 0 Å². The van der Waals surface area contributed by atoms with Gasteiger partial charge >= 0.3 is 0 Å². The highest BCUT2D eigenvalue weighted by Gasteiger charge is 2.10. The molecule has 1 aromatic carbocycles. The summed E-state index contributed by atoms with van der Waals surface area (Å²) in [7, 11) is 0. The highest BCUT2D eigenvalue weighted by atomic mass is 79.9. The standard InChI is InChI=1S/C13H10BrClFNOS/c14-11-3-1-8(16)7-10(11)13(18)17-6-5-9-2-4-12(15)19-9/h1-4,7H,5-6H2,(H,17,18). The van der Waals surface area contributed by atoms with Crippen LogP contribution >= 0.6 is 38.9 Å². The Hall–Kier alpha value is -0.910. The van der Waals surface area contributed by atoms with Crippen LogP contribution in [0.25, 0.3) is 0 Å². The van der Waals surface area contributed by atoms with Crippen LogP contribution in [0.3, 0.4) is 0 Å². The van der Waals surface area contributed by atoms with Crippen LogP contribution in [0.1, 0.15) is 15.2 Å². The van der Waals surface area contributed by atoms with Gasteiger partial charge in [-0.3, -0.25) is 4.79 Å². The number of nitrogens with one attached hydrogen (secondary N) is 1. The average molecular weight is 363 g/mol. The summed E-state index contributed by atoms with van der Waals surface area (Å²) in [4.78, 5) is 13.0. The van der Waals surface area contributed by atoms with Gasteiger partial charge in [-0.1, -0.05) is 11.6 Å². The zero-order valence-corrected chi connectivity index (χ0v) is 12.9. The zero-order chi connectivity index (χ0) is 13.8. The molecule has 0 unspecified atom stereocenters. The van der Waals surface area contributed by atoms with Gasteiger partial charge in [0, 0.05) is 15.9 Å². The Bertz CT molecular complexity index is 602. The highest BCUT2D eigenvalue weighted by molar-refractivity contribution is 9.10. The first kappa shape index (κ1) is 14.5. The molecule has 19 heavy (non-hydrogen) atoms. The van der Waals surface area contributed by atoms with Gasteiger partial charge in [0.2, 0.25) is 0 Å². The minimum atomic E-state index is -0.432. The van der Waals surface area contributed by atoms with Crippen LogP contribution in [-0.4, -0.2) is 12.5 Å². The Morgan fingerprint density at radius 2 is 2.16 bits per heavy atom. The summed E-state index contributed by atoms with van der Waals surface area (Å²) in [6.45, 7) is 0.485. The van der Waals surface area contributed by atoms with Gasteiger partial charge in [0.15, 0.2) is 0 Å². The second kappa shape index (κ2) is 6.50. The Labute approximate surface area is 127 Å². The van der Waals surface area contributed by atoms with Gasteiger partial charge in [0.05, 0.1) is 9.90 Å². The summed E-state index contributed by atoms with van der Waals surface area (Å²) in [6.07, 6.45) is 0.704. The van der Waals surface area contributed by atoms with Crippen molar-refractivity contribution in [1.82, 2.24) is 5.32 Å². The van der Waals surface area contributed by atoms with Crippen molar-refractivity contribution in [2.45, 2.75) is 6.42 Å². The summed E-state index contributed by atoms with van der Waals surface area (Å²) >= 11 is 10.5. The van der Waals surface area contributed by atoms with Crippen LogP contribution in [0.4, 0.5) is 4.39 Å². The molecule has 0 saturated carbocycles. The molecule has 2 aromatic rings. The molecule has 0 atom stereocenters. The van der Waals surface area contributed by atoms with Gasteiger partial charge in [-0.25, -0.2) is 4.39 Å². The van der Waals surface area contributed by atoms with Crippen LogP contribution in [-0.2, 0) is 6.42 Å². The molecule has 1 heterocycles. The fourth-order valence-electron chi connectivity index (χ4n) is 1.55. The van der Waals surface area contributed by atoms with E-state index in [2.05, 4.69) is 21.2 Å². The van der Waals surface area contributed by atoms with Crippen molar-refractivity contribution in [3.05, 3.63) is 55.4 Å². The van der Waals surface area contributed by atoms with Gasteiger partial charge < -0.3 is 5.32 Å². The third kappa shape index (κ3) is 4.03. The monoisotopic (exact) mass is 361 g/mol. The van der Waals surface area contributed by atoms with Crippen molar-refractivity contribution >= 4 is 44.8 Å². The van der Waals surface area contributed by atoms with E-state index in [1.807, 2.05) is 12.1 Å².